The molecule has 0 amide bonds. The zero-order valence-corrected chi connectivity index (χ0v) is 11.7. The molecule has 0 saturated carbocycles. The van der Waals surface area contributed by atoms with Crippen LogP contribution in [0.5, 0.6) is 5.75 Å². The number of nitro benzene ring substituents is 1. The number of ether oxygens (including phenoxy) is 1. The quantitative estimate of drug-likeness (QED) is 0.609. The van der Waals surface area contributed by atoms with Gasteiger partial charge in [0.15, 0.2) is 0 Å². The molecule has 0 aliphatic rings. The summed E-state index contributed by atoms with van der Waals surface area (Å²) in [4.78, 5) is 23.1. The van der Waals surface area contributed by atoms with Crippen LogP contribution in [0.25, 0.3) is 0 Å². The van der Waals surface area contributed by atoms with E-state index in [-0.39, 0.29) is 24.7 Å². The van der Waals surface area contributed by atoms with Gasteiger partial charge in [-0.3, -0.25) is 14.9 Å². The highest BCUT2D eigenvalue weighted by Crippen LogP contribution is 2.33. The first-order chi connectivity index (χ1) is 9.36. The molecule has 7 heteroatoms. The molecule has 0 aliphatic carbocycles. The molecule has 0 saturated heterocycles. The third kappa shape index (κ3) is 3.84. The van der Waals surface area contributed by atoms with Crippen molar-refractivity contribution in [1.29, 1.82) is 0 Å². The molecule has 0 aromatic heterocycles. The summed E-state index contributed by atoms with van der Waals surface area (Å²) in [6.07, 6.45) is -0.0820. The van der Waals surface area contributed by atoms with Crippen LogP contribution in [0.1, 0.15) is 20.3 Å². The number of nitro groups is 1. The van der Waals surface area contributed by atoms with Gasteiger partial charge in [-0.2, -0.15) is 0 Å². The number of methoxy groups -OCH3 is 1. The minimum absolute atomic E-state index is 0.0542. The smallest absolute Gasteiger partial charge is 0.305 e. The predicted octanol–water partition coefficient (Wildman–Crippen LogP) is 2.29. The Morgan fingerprint density at radius 1 is 1.50 bits per heavy atom. The predicted molar refractivity (Wildman–Crippen MR) is 74.4 cm³/mol. The van der Waals surface area contributed by atoms with Crippen molar-refractivity contribution in [2.75, 3.05) is 18.6 Å². The number of carboxylic acid groups (broad SMARTS) is 1. The lowest BCUT2D eigenvalue weighted by Gasteiger charge is -2.28. The van der Waals surface area contributed by atoms with Crippen LogP contribution in [-0.4, -0.2) is 35.7 Å². The van der Waals surface area contributed by atoms with Gasteiger partial charge in [0, 0.05) is 12.6 Å². The normalized spacial score (nSPS) is 10.4. The van der Waals surface area contributed by atoms with E-state index in [1.165, 1.54) is 13.2 Å². The molecule has 1 rings (SSSR count). The second-order valence-corrected chi connectivity index (χ2v) is 4.54. The summed E-state index contributed by atoms with van der Waals surface area (Å²) >= 11 is 0. The van der Waals surface area contributed by atoms with Crippen LogP contribution in [0.15, 0.2) is 18.2 Å². The highest BCUT2D eigenvalue weighted by Gasteiger charge is 2.22. The van der Waals surface area contributed by atoms with Crippen molar-refractivity contribution < 1.29 is 19.6 Å². The Labute approximate surface area is 116 Å². The topological polar surface area (TPSA) is 92.9 Å². The maximum atomic E-state index is 11.2. The summed E-state index contributed by atoms with van der Waals surface area (Å²) in [6, 6.07) is 4.49. The van der Waals surface area contributed by atoms with E-state index in [1.54, 1.807) is 17.0 Å². The van der Waals surface area contributed by atoms with E-state index in [1.807, 2.05) is 13.8 Å². The van der Waals surface area contributed by atoms with Gasteiger partial charge in [0.2, 0.25) is 0 Å². The van der Waals surface area contributed by atoms with E-state index in [4.69, 9.17) is 9.84 Å². The summed E-state index contributed by atoms with van der Waals surface area (Å²) in [5, 5.41) is 19.9. The molecule has 20 heavy (non-hydrogen) atoms. The lowest BCUT2D eigenvalue weighted by atomic mass is 10.2. The standard InChI is InChI=1S/C13H18N2O5/c1-9(2)14(7-6-13(16)17)11-5-4-10(20-3)8-12(11)15(18)19/h4-5,8-9H,6-7H2,1-3H3,(H,16,17). The molecule has 7 nitrogen and oxygen atoms in total. The number of anilines is 1. The van der Waals surface area contributed by atoms with Crippen LogP contribution in [0.2, 0.25) is 0 Å². The van der Waals surface area contributed by atoms with Crippen LogP contribution in [0, 0.1) is 10.1 Å². The van der Waals surface area contributed by atoms with Crippen molar-refractivity contribution in [3.8, 4) is 5.75 Å². The molecule has 0 unspecified atom stereocenters. The third-order valence-electron chi connectivity index (χ3n) is 2.88. The summed E-state index contributed by atoms with van der Waals surface area (Å²) in [5.41, 5.74) is 0.301. The molecular formula is C13H18N2O5. The molecule has 110 valence electrons. The van der Waals surface area contributed by atoms with E-state index >= 15 is 0 Å². The summed E-state index contributed by atoms with van der Waals surface area (Å²) in [6.45, 7) is 3.92. The first-order valence-corrected chi connectivity index (χ1v) is 6.17. The van der Waals surface area contributed by atoms with Crippen LogP contribution in [0.4, 0.5) is 11.4 Å². The Morgan fingerprint density at radius 2 is 2.15 bits per heavy atom. The highest BCUT2D eigenvalue weighted by molar-refractivity contribution is 5.70. The van der Waals surface area contributed by atoms with Crippen molar-refractivity contribution in [3.63, 3.8) is 0 Å². The number of hydrogen-bond acceptors (Lipinski definition) is 5. The average molecular weight is 282 g/mol. The Hall–Kier alpha value is -2.31. The zero-order valence-electron chi connectivity index (χ0n) is 11.7. The Kier molecular flexibility index (Phi) is 5.31. The van der Waals surface area contributed by atoms with Crippen molar-refractivity contribution in [3.05, 3.63) is 28.3 Å². The van der Waals surface area contributed by atoms with Crippen LogP contribution < -0.4 is 9.64 Å². The Morgan fingerprint density at radius 3 is 2.60 bits per heavy atom. The Bertz CT molecular complexity index is 502. The van der Waals surface area contributed by atoms with Crippen LogP contribution in [-0.2, 0) is 4.79 Å². The number of rotatable bonds is 7. The van der Waals surface area contributed by atoms with Crippen LogP contribution in [0.3, 0.4) is 0 Å². The molecule has 0 heterocycles. The van der Waals surface area contributed by atoms with Gasteiger partial charge in [-0.25, -0.2) is 0 Å². The maximum absolute atomic E-state index is 11.2. The monoisotopic (exact) mass is 282 g/mol. The molecule has 1 aromatic rings. The fraction of sp³-hybridized carbons (Fsp3) is 0.462. The fourth-order valence-corrected chi connectivity index (χ4v) is 1.89. The van der Waals surface area contributed by atoms with Crippen molar-refractivity contribution in [2.24, 2.45) is 0 Å². The number of aliphatic carboxylic acids is 1. The van der Waals surface area contributed by atoms with Gasteiger partial charge in [0.25, 0.3) is 5.69 Å². The first kappa shape index (κ1) is 15.7. The molecule has 0 radical (unpaired) electrons. The van der Waals surface area contributed by atoms with Gasteiger partial charge in [-0.1, -0.05) is 0 Å². The zero-order chi connectivity index (χ0) is 15.3. The lowest BCUT2D eigenvalue weighted by Crippen LogP contribution is -2.33. The van der Waals surface area contributed by atoms with Gasteiger partial charge in [-0.05, 0) is 26.0 Å². The molecule has 0 aliphatic heterocycles. The number of carbonyl (C=O) groups is 1. The molecule has 0 atom stereocenters. The van der Waals surface area contributed by atoms with E-state index < -0.39 is 10.9 Å². The summed E-state index contributed by atoms with van der Waals surface area (Å²) < 4.78 is 4.98. The third-order valence-corrected chi connectivity index (χ3v) is 2.88. The van der Waals surface area contributed by atoms with E-state index in [2.05, 4.69) is 0 Å². The second-order valence-electron chi connectivity index (χ2n) is 4.54. The van der Waals surface area contributed by atoms with E-state index in [0.717, 1.165) is 0 Å². The minimum atomic E-state index is -0.938. The number of benzene rings is 1. The van der Waals surface area contributed by atoms with Crippen molar-refractivity contribution in [2.45, 2.75) is 26.3 Å². The average Bonchev–Trinajstić information content (AvgIpc) is 2.38. The Balaban J connectivity index is 3.18. The highest BCUT2D eigenvalue weighted by atomic mass is 16.6. The lowest BCUT2D eigenvalue weighted by molar-refractivity contribution is -0.384. The SMILES string of the molecule is COc1ccc(N(CCC(=O)O)C(C)C)c([N+](=O)[O-])c1. The molecule has 1 N–H and O–H groups in total. The number of hydrogen-bond donors (Lipinski definition) is 1. The molecule has 0 bridgehead atoms. The molecule has 1 aromatic carbocycles. The molecule has 0 fully saturated rings. The number of carboxylic acids is 1. The molecule has 0 spiro atoms. The van der Waals surface area contributed by atoms with Crippen molar-refractivity contribution in [1.82, 2.24) is 0 Å². The van der Waals surface area contributed by atoms with Gasteiger partial charge >= 0.3 is 5.97 Å². The fourth-order valence-electron chi connectivity index (χ4n) is 1.89. The van der Waals surface area contributed by atoms with Gasteiger partial charge < -0.3 is 14.7 Å². The van der Waals surface area contributed by atoms with Crippen LogP contribution >= 0.6 is 0 Å². The summed E-state index contributed by atoms with van der Waals surface area (Å²) in [5.74, 6) is -0.547. The minimum Gasteiger partial charge on any atom is -0.496 e. The number of nitrogens with zero attached hydrogens (tertiary/aromatic N) is 2. The first-order valence-electron chi connectivity index (χ1n) is 6.17. The van der Waals surface area contributed by atoms with Crippen molar-refractivity contribution >= 4 is 17.3 Å². The van der Waals surface area contributed by atoms with E-state index in [9.17, 15) is 14.9 Å². The van der Waals surface area contributed by atoms with E-state index in [0.29, 0.717) is 11.4 Å². The molecular weight excluding hydrogens is 264 g/mol. The summed E-state index contributed by atoms with van der Waals surface area (Å²) in [7, 11) is 1.43. The van der Waals surface area contributed by atoms with Gasteiger partial charge in [0.05, 0.1) is 24.5 Å². The van der Waals surface area contributed by atoms with Gasteiger partial charge in [-0.15, -0.1) is 0 Å². The maximum Gasteiger partial charge on any atom is 0.305 e. The van der Waals surface area contributed by atoms with Gasteiger partial charge in [0.1, 0.15) is 11.4 Å². The second kappa shape index (κ2) is 6.74. The largest absolute Gasteiger partial charge is 0.496 e.